The van der Waals surface area contributed by atoms with Crippen molar-refractivity contribution in [2.24, 2.45) is 0 Å². The maximum absolute atomic E-state index is 13.9. The molecule has 132 valence electrons. The number of hydrogen-bond donors (Lipinski definition) is 2. The van der Waals surface area contributed by atoms with Gasteiger partial charge in [0.05, 0.1) is 6.54 Å². The highest BCUT2D eigenvalue weighted by Gasteiger charge is 2.49. The Morgan fingerprint density at radius 3 is 2.71 bits per heavy atom. The van der Waals surface area contributed by atoms with Crippen LogP contribution in [0.2, 0.25) is 0 Å². The van der Waals surface area contributed by atoms with Crippen LogP contribution in [-0.2, 0) is 9.53 Å². The molecule has 3 atom stereocenters. The van der Waals surface area contributed by atoms with E-state index in [2.05, 4.69) is 26.2 Å². The monoisotopic (exact) mass is 403 g/mol. The standard InChI is InChI=1S/C15H19BrFN3O4/c1-15(2,3)24-14(23)20-7-8(17)12(21)11(20)13(22)19-10-6-4-5-9(16)18-10/h4-6,8,11-12,21H,7H2,1-3H3,(H,18,19,22). The number of carbonyl (C=O) groups is 2. The van der Waals surface area contributed by atoms with Crippen molar-refractivity contribution in [2.75, 3.05) is 11.9 Å². The molecule has 24 heavy (non-hydrogen) atoms. The zero-order chi connectivity index (χ0) is 18.1. The molecule has 2 rings (SSSR count). The van der Waals surface area contributed by atoms with Crippen molar-refractivity contribution in [1.29, 1.82) is 0 Å². The Hall–Kier alpha value is -1.74. The lowest BCUT2D eigenvalue weighted by Gasteiger charge is -2.28. The first-order valence-electron chi connectivity index (χ1n) is 7.33. The van der Waals surface area contributed by atoms with Crippen LogP contribution in [0.1, 0.15) is 20.8 Å². The molecule has 1 fully saturated rings. The van der Waals surface area contributed by atoms with Gasteiger partial charge in [0, 0.05) is 0 Å². The van der Waals surface area contributed by atoms with Crippen molar-refractivity contribution in [3.8, 4) is 0 Å². The highest BCUT2D eigenvalue weighted by Crippen LogP contribution is 2.25. The van der Waals surface area contributed by atoms with Crippen molar-refractivity contribution < 1.29 is 23.8 Å². The molecule has 2 N–H and O–H groups in total. The van der Waals surface area contributed by atoms with Crippen LogP contribution in [0.4, 0.5) is 15.0 Å². The molecule has 2 amide bonds. The Labute approximate surface area is 147 Å². The third-order valence-electron chi connectivity index (χ3n) is 3.26. The number of anilines is 1. The number of likely N-dealkylation sites (tertiary alicyclic amines) is 1. The fourth-order valence-corrected chi connectivity index (χ4v) is 2.62. The Balaban J connectivity index is 2.17. The van der Waals surface area contributed by atoms with Crippen LogP contribution in [0.15, 0.2) is 22.8 Å². The molecule has 1 saturated heterocycles. The van der Waals surface area contributed by atoms with Crippen molar-refractivity contribution in [1.82, 2.24) is 9.88 Å². The number of nitrogens with one attached hydrogen (secondary N) is 1. The predicted molar refractivity (Wildman–Crippen MR) is 88.2 cm³/mol. The van der Waals surface area contributed by atoms with Gasteiger partial charge < -0.3 is 15.2 Å². The van der Waals surface area contributed by atoms with Crippen LogP contribution in [0, 0.1) is 0 Å². The van der Waals surface area contributed by atoms with E-state index in [1.807, 2.05) is 0 Å². The second-order valence-corrected chi connectivity index (χ2v) is 7.23. The molecule has 0 radical (unpaired) electrons. The number of halogens is 2. The zero-order valence-electron chi connectivity index (χ0n) is 13.5. The number of pyridine rings is 1. The molecular formula is C15H19BrFN3O4. The minimum absolute atomic E-state index is 0.216. The van der Waals surface area contributed by atoms with Gasteiger partial charge in [0.1, 0.15) is 34.3 Å². The van der Waals surface area contributed by atoms with Gasteiger partial charge in [-0.25, -0.2) is 14.2 Å². The molecule has 0 aliphatic carbocycles. The van der Waals surface area contributed by atoms with Gasteiger partial charge in [0.25, 0.3) is 5.91 Å². The Bertz CT molecular complexity index is 637. The molecule has 1 aromatic heterocycles. The van der Waals surface area contributed by atoms with Crippen LogP contribution < -0.4 is 5.32 Å². The van der Waals surface area contributed by atoms with Gasteiger partial charge in [0.15, 0.2) is 0 Å². The summed E-state index contributed by atoms with van der Waals surface area (Å²) in [6.45, 7) is 4.56. The topological polar surface area (TPSA) is 91.8 Å². The Morgan fingerprint density at radius 1 is 1.46 bits per heavy atom. The Morgan fingerprint density at radius 2 is 2.12 bits per heavy atom. The average Bonchev–Trinajstić information content (AvgIpc) is 2.73. The molecule has 2 heterocycles. The van der Waals surface area contributed by atoms with Crippen molar-refractivity contribution in [3.63, 3.8) is 0 Å². The summed E-state index contributed by atoms with van der Waals surface area (Å²) in [6.07, 6.45) is -4.22. The van der Waals surface area contributed by atoms with E-state index in [9.17, 15) is 19.1 Å². The zero-order valence-corrected chi connectivity index (χ0v) is 15.1. The summed E-state index contributed by atoms with van der Waals surface area (Å²) in [5.74, 6) is -0.521. The highest BCUT2D eigenvalue weighted by molar-refractivity contribution is 9.10. The summed E-state index contributed by atoms with van der Waals surface area (Å²) in [5, 5.41) is 12.4. The minimum Gasteiger partial charge on any atom is -0.444 e. The van der Waals surface area contributed by atoms with E-state index in [1.54, 1.807) is 32.9 Å². The fourth-order valence-electron chi connectivity index (χ4n) is 2.27. The van der Waals surface area contributed by atoms with Gasteiger partial charge in [-0.15, -0.1) is 0 Å². The van der Waals surface area contributed by atoms with Crippen molar-refractivity contribution >= 4 is 33.7 Å². The number of rotatable bonds is 2. The lowest BCUT2D eigenvalue weighted by atomic mass is 10.1. The van der Waals surface area contributed by atoms with E-state index in [4.69, 9.17) is 4.74 Å². The molecule has 1 aliphatic heterocycles. The molecule has 0 saturated carbocycles. The number of amides is 2. The molecule has 0 bridgehead atoms. The number of ether oxygens (including phenoxy) is 1. The lowest BCUT2D eigenvalue weighted by molar-refractivity contribution is -0.123. The van der Waals surface area contributed by atoms with Gasteiger partial charge in [-0.2, -0.15) is 0 Å². The average molecular weight is 404 g/mol. The SMILES string of the molecule is CC(C)(C)OC(=O)N1CC(F)C(O)C1C(=O)Nc1cccc(Br)n1. The second kappa shape index (κ2) is 7.02. The van der Waals surface area contributed by atoms with Gasteiger partial charge in [0.2, 0.25) is 0 Å². The van der Waals surface area contributed by atoms with Gasteiger partial charge in [-0.3, -0.25) is 9.69 Å². The van der Waals surface area contributed by atoms with Gasteiger partial charge in [-0.05, 0) is 48.8 Å². The highest BCUT2D eigenvalue weighted by atomic mass is 79.9. The van der Waals surface area contributed by atoms with Crippen LogP contribution >= 0.6 is 15.9 Å². The largest absolute Gasteiger partial charge is 0.444 e. The number of hydrogen-bond acceptors (Lipinski definition) is 5. The van der Waals surface area contributed by atoms with Crippen LogP contribution in [0.3, 0.4) is 0 Å². The number of nitrogens with zero attached hydrogens (tertiary/aromatic N) is 2. The first kappa shape index (κ1) is 18.6. The van der Waals surface area contributed by atoms with Gasteiger partial charge >= 0.3 is 6.09 Å². The van der Waals surface area contributed by atoms with Crippen LogP contribution in [0.25, 0.3) is 0 Å². The van der Waals surface area contributed by atoms with E-state index >= 15 is 0 Å². The summed E-state index contributed by atoms with van der Waals surface area (Å²) in [5.41, 5.74) is -0.802. The molecular weight excluding hydrogens is 385 g/mol. The fraction of sp³-hybridized carbons (Fsp3) is 0.533. The molecule has 3 unspecified atom stereocenters. The number of alkyl halides is 1. The van der Waals surface area contributed by atoms with Crippen LogP contribution in [-0.4, -0.2) is 57.5 Å². The van der Waals surface area contributed by atoms with E-state index in [-0.39, 0.29) is 5.82 Å². The van der Waals surface area contributed by atoms with E-state index in [1.165, 1.54) is 6.07 Å². The lowest BCUT2D eigenvalue weighted by Crippen LogP contribution is -2.49. The van der Waals surface area contributed by atoms with E-state index < -0.39 is 42.5 Å². The summed E-state index contributed by atoms with van der Waals surface area (Å²) < 4.78 is 19.5. The molecule has 7 nitrogen and oxygen atoms in total. The first-order chi connectivity index (χ1) is 11.1. The summed E-state index contributed by atoms with van der Waals surface area (Å²) >= 11 is 3.17. The van der Waals surface area contributed by atoms with E-state index in [0.717, 1.165) is 4.90 Å². The molecule has 1 aromatic rings. The smallest absolute Gasteiger partial charge is 0.411 e. The summed E-state index contributed by atoms with van der Waals surface area (Å²) in [7, 11) is 0. The normalized spacial score (nSPS) is 23.9. The third-order valence-corrected chi connectivity index (χ3v) is 3.71. The quantitative estimate of drug-likeness (QED) is 0.737. The minimum atomic E-state index is -1.73. The van der Waals surface area contributed by atoms with Gasteiger partial charge in [-0.1, -0.05) is 6.07 Å². The summed E-state index contributed by atoms with van der Waals surface area (Å²) in [4.78, 5) is 29.5. The number of aliphatic hydroxyl groups is 1. The second-order valence-electron chi connectivity index (χ2n) is 6.42. The predicted octanol–water partition coefficient (Wildman–Crippen LogP) is 2.10. The number of carbonyl (C=O) groups excluding carboxylic acids is 2. The molecule has 1 aliphatic rings. The Kier molecular flexibility index (Phi) is 5.44. The maximum atomic E-state index is 13.9. The maximum Gasteiger partial charge on any atom is 0.411 e. The molecule has 9 heteroatoms. The number of aliphatic hydroxyl groups excluding tert-OH is 1. The third kappa shape index (κ3) is 4.41. The number of aromatic nitrogens is 1. The van der Waals surface area contributed by atoms with Crippen LogP contribution in [0.5, 0.6) is 0 Å². The van der Waals surface area contributed by atoms with E-state index in [0.29, 0.717) is 4.60 Å². The van der Waals surface area contributed by atoms with Crippen molar-refractivity contribution in [2.45, 2.75) is 44.7 Å². The molecule has 0 spiro atoms. The first-order valence-corrected chi connectivity index (χ1v) is 8.13. The molecule has 0 aromatic carbocycles. The van der Waals surface area contributed by atoms with Crippen molar-refractivity contribution in [3.05, 3.63) is 22.8 Å². The summed E-state index contributed by atoms with van der Waals surface area (Å²) in [6, 6.07) is 3.47.